The van der Waals surface area contributed by atoms with Crippen molar-refractivity contribution in [3.8, 4) is 16.9 Å². The van der Waals surface area contributed by atoms with Crippen LogP contribution in [0.2, 0.25) is 0 Å². The monoisotopic (exact) mass is 369 g/mol. The van der Waals surface area contributed by atoms with Gasteiger partial charge in [-0.3, -0.25) is 4.79 Å². The van der Waals surface area contributed by atoms with Crippen LogP contribution in [0.1, 0.15) is 21.7 Å². The van der Waals surface area contributed by atoms with Gasteiger partial charge in [0.1, 0.15) is 23.5 Å². The van der Waals surface area contributed by atoms with Crippen molar-refractivity contribution in [3.05, 3.63) is 77.2 Å². The Balaban J connectivity index is 1.55. The first kappa shape index (κ1) is 17.3. The molecule has 0 aliphatic carbocycles. The van der Waals surface area contributed by atoms with Crippen molar-refractivity contribution >= 4 is 5.91 Å². The van der Waals surface area contributed by atoms with Crippen LogP contribution in [0.25, 0.3) is 11.1 Å². The predicted molar refractivity (Wildman–Crippen MR) is 95.7 cm³/mol. The average Bonchev–Trinajstić information content (AvgIpc) is 3.31. The topological polar surface area (TPSA) is 51.5 Å². The van der Waals surface area contributed by atoms with Crippen LogP contribution in [0.5, 0.6) is 5.75 Å². The minimum atomic E-state index is -0.380. The standard InChI is InChI=1S/C21H17F2NO3/c1-12-7-13(4-5-18(12)23)17-10-15(22)8-14-9-16(27-20(14)17)11-24-21(25)19-3-2-6-26-19/h2-8,10,16H,9,11H2,1H3,(H,24,25)/t16-/m1/s1. The highest BCUT2D eigenvalue weighted by Crippen LogP contribution is 2.40. The Bertz CT molecular complexity index is 999. The van der Waals surface area contributed by atoms with Gasteiger partial charge in [-0.2, -0.15) is 0 Å². The molecule has 1 aliphatic rings. The fraction of sp³-hybridized carbons (Fsp3) is 0.190. The van der Waals surface area contributed by atoms with Crippen LogP contribution in [0.3, 0.4) is 0 Å². The lowest BCUT2D eigenvalue weighted by atomic mass is 9.99. The number of benzene rings is 2. The second-order valence-electron chi connectivity index (χ2n) is 6.54. The molecule has 2 aromatic carbocycles. The molecule has 27 heavy (non-hydrogen) atoms. The molecule has 3 aromatic rings. The molecule has 0 bridgehead atoms. The number of fused-ring (bicyclic) bond motifs is 1. The molecule has 4 rings (SSSR count). The van der Waals surface area contributed by atoms with Gasteiger partial charge in [0.25, 0.3) is 5.91 Å². The number of hydrogen-bond acceptors (Lipinski definition) is 3. The van der Waals surface area contributed by atoms with Gasteiger partial charge in [-0.05, 0) is 54.4 Å². The summed E-state index contributed by atoms with van der Waals surface area (Å²) in [6.45, 7) is 1.92. The van der Waals surface area contributed by atoms with Crippen molar-refractivity contribution in [2.24, 2.45) is 0 Å². The van der Waals surface area contributed by atoms with Gasteiger partial charge in [-0.25, -0.2) is 8.78 Å². The number of halogens is 2. The molecule has 0 fully saturated rings. The van der Waals surface area contributed by atoms with Crippen LogP contribution in [-0.2, 0) is 6.42 Å². The van der Waals surface area contributed by atoms with Crippen LogP contribution in [0.15, 0.2) is 53.1 Å². The van der Waals surface area contributed by atoms with Gasteiger partial charge in [0.15, 0.2) is 5.76 Å². The van der Waals surface area contributed by atoms with E-state index in [-0.39, 0.29) is 36.0 Å². The molecule has 1 atom stereocenters. The summed E-state index contributed by atoms with van der Waals surface area (Å²) in [6, 6.07) is 10.7. The Hall–Kier alpha value is -3.15. The molecule has 1 aromatic heterocycles. The molecule has 2 heterocycles. The first-order chi connectivity index (χ1) is 13.0. The van der Waals surface area contributed by atoms with Crippen molar-refractivity contribution in [2.45, 2.75) is 19.4 Å². The Morgan fingerprint density at radius 2 is 2.07 bits per heavy atom. The molecule has 6 heteroatoms. The normalized spacial score (nSPS) is 15.3. The summed E-state index contributed by atoms with van der Waals surface area (Å²) in [5.41, 5.74) is 2.47. The van der Waals surface area contributed by atoms with Crippen LogP contribution in [-0.4, -0.2) is 18.6 Å². The molecule has 0 spiro atoms. The van der Waals surface area contributed by atoms with E-state index in [2.05, 4.69) is 5.32 Å². The Labute approximate surface area is 154 Å². The van der Waals surface area contributed by atoms with Gasteiger partial charge in [0.2, 0.25) is 0 Å². The third kappa shape index (κ3) is 3.43. The summed E-state index contributed by atoms with van der Waals surface area (Å²) < 4.78 is 38.7. The molecule has 1 aliphatic heterocycles. The van der Waals surface area contributed by atoms with E-state index in [0.29, 0.717) is 28.9 Å². The highest BCUT2D eigenvalue weighted by Gasteiger charge is 2.27. The predicted octanol–water partition coefficient (Wildman–Crippen LogP) is 4.27. The number of nitrogens with one attached hydrogen (secondary N) is 1. The van der Waals surface area contributed by atoms with Crippen LogP contribution >= 0.6 is 0 Å². The summed E-state index contributed by atoms with van der Waals surface area (Å²) in [6.07, 6.45) is 1.58. The van der Waals surface area contributed by atoms with Gasteiger partial charge in [0, 0.05) is 17.5 Å². The molecular formula is C21H17F2NO3. The maximum absolute atomic E-state index is 14.1. The smallest absolute Gasteiger partial charge is 0.287 e. The lowest BCUT2D eigenvalue weighted by Gasteiger charge is -2.13. The summed E-state index contributed by atoms with van der Waals surface area (Å²) in [7, 11) is 0. The molecule has 1 N–H and O–H groups in total. The molecular weight excluding hydrogens is 352 g/mol. The van der Waals surface area contributed by atoms with E-state index in [0.717, 1.165) is 5.56 Å². The third-order valence-electron chi connectivity index (χ3n) is 4.57. The van der Waals surface area contributed by atoms with Crippen LogP contribution < -0.4 is 10.1 Å². The Kier molecular flexibility index (Phi) is 4.39. The van der Waals surface area contributed by atoms with E-state index in [4.69, 9.17) is 9.15 Å². The van der Waals surface area contributed by atoms with E-state index in [1.807, 2.05) is 0 Å². The SMILES string of the molecule is Cc1cc(-c2cc(F)cc3c2O[C@@H](CNC(=O)c2ccco2)C3)ccc1F. The minimum Gasteiger partial charge on any atom is -0.487 e. The summed E-state index contributed by atoms with van der Waals surface area (Å²) >= 11 is 0. The van der Waals surface area contributed by atoms with E-state index < -0.39 is 0 Å². The minimum absolute atomic E-state index is 0.221. The quantitative estimate of drug-likeness (QED) is 0.747. The molecule has 1 amide bonds. The zero-order chi connectivity index (χ0) is 19.0. The van der Waals surface area contributed by atoms with Gasteiger partial charge in [-0.15, -0.1) is 0 Å². The van der Waals surface area contributed by atoms with Crippen molar-refractivity contribution in [1.29, 1.82) is 0 Å². The van der Waals surface area contributed by atoms with Crippen molar-refractivity contribution in [2.75, 3.05) is 6.54 Å². The van der Waals surface area contributed by atoms with Gasteiger partial charge >= 0.3 is 0 Å². The fourth-order valence-electron chi connectivity index (χ4n) is 3.24. The number of amides is 1. The van der Waals surface area contributed by atoms with E-state index in [9.17, 15) is 13.6 Å². The molecule has 138 valence electrons. The Morgan fingerprint density at radius 1 is 1.22 bits per heavy atom. The fourth-order valence-corrected chi connectivity index (χ4v) is 3.24. The molecule has 0 radical (unpaired) electrons. The first-order valence-electron chi connectivity index (χ1n) is 8.58. The molecule has 4 nitrogen and oxygen atoms in total. The lowest BCUT2D eigenvalue weighted by Crippen LogP contribution is -2.34. The van der Waals surface area contributed by atoms with Crippen molar-refractivity contribution < 1.29 is 22.7 Å². The molecule has 0 saturated heterocycles. The number of rotatable bonds is 4. The summed E-state index contributed by atoms with van der Waals surface area (Å²) in [5, 5.41) is 2.75. The summed E-state index contributed by atoms with van der Waals surface area (Å²) in [5.74, 6) is -0.236. The zero-order valence-corrected chi connectivity index (χ0v) is 14.6. The molecule has 0 unspecified atom stereocenters. The number of hydrogen-bond donors (Lipinski definition) is 1. The second-order valence-corrected chi connectivity index (χ2v) is 6.54. The third-order valence-corrected chi connectivity index (χ3v) is 4.57. The Morgan fingerprint density at radius 3 is 2.81 bits per heavy atom. The number of carbonyl (C=O) groups is 1. The van der Waals surface area contributed by atoms with Crippen LogP contribution in [0.4, 0.5) is 8.78 Å². The largest absolute Gasteiger partial charge is 0.487 e. The van der Waals surface area contributed by atoms with Crippen molar-refractivity contribution in [1.82, 2.24) is 5.32 Å². The average molecular weight is 369 g/mol. The maximum Gasteiger partial charge on any atom is 0.287 e. The number of aryl methyl sites for hydroxylation is 1. The summed E-state index contributed by atoms with van der Waals surface area (Å²) in [4.78, 5) is 12.0. The zero-order valence-electron chi connectivity index (χ0n) is 14.6. The van der Waals surface area contributed by atoms with Gasteiger partial charge in [-0.1, -0.05) is 6.07 Å². The van der Waals surface area contributed by atoms with E-state index >= 15 is 0 Å². The highest BCUT2D eigenvalue weighted by atomic mass is 19.1. The van der Waals surface area contributed by atoms with E-state index in [1.165, 1.54) is 24.5 Å². The number of ether oxygens (including phenoxy) is 1. The van der Waals surface area contributed by atoms with E-state index in [1.54, 1.807) is 31.2 Å². The highest BCUT2D eigenvalue weighted by molar-refractivity contribution is 5.91. The molecule has 0 saturated carbocycles. The second kappa shape index (κ2) is 6.87. The van der Waals surface area contributed by atoms with Crippen LogP contribution in [0, 0.1) is 18.6 Å². The number of carbonyl (C=O) groups excluding carboxylic acids is 1. The first-order valence-corrected chi connectivity index (χ1v) is 8.58. The van der Waals surface area contributed by atoms with Gasteiger partial charge in [0.05, 0.1) is 12.8 Å². The van der Waals surface area contributed by atoms with Crippen molar-refractivity contribution in [3.63, 3.8) is 0 Å². The lowest BCUT2D eigenvalue weighted by molar-refractivity contribution is 0.0906. The van der Waals surface area contributed by atoms with Gasteiger partial charge < -0.3 is 14.5 Å². The maximum atomic E-state index is 14.1. The number of furan rings is 1.